The van der Waals surface area contributed by atoms with Gasteiger partial charge in [-0.2, -0.15) is 0 Å². The van der Waals surface area contributed by atoms with Crippen molar-refractivity contribution in [3.63, 3.8) is 0 Å². The van der Waals surface area contributed by atoms with Crippen molar-refractivity contribution >= 4 is 33.9 Å². The van der Waals surface area contributed by atoms with Gasteiger partial charge < -0.3 is 23.4 Å². The molecule has 2 aromatic carbocycles. The van der Waals surface area contributed by atoms with E-state index < -0.39 is 29.7 Å². The Bertz CT molecular complexity index is 1270. The van der Waals surface area contributed by atoms with E-state index in [1.807, 2.05) is 0 Å². The van der Waals surface area contributed by atoms with Crippen LogP contribution in [0.15, 0.2) is 39.5 Å². The summed E-state index contributed by atoms with van der Waals surface area (Å²) in [6.07, 6.45) is -2.03. The molecule has 0 saturated heterocycles. The number of rotatable bonds is 3. The molecule has 31 heavy (non-hydrogen) atoms. The van der Waals surface area contributed by atoms with Gasteiger partial charge in [0.2, 0.25) is 5.43 Å². The molecule has 1 aromatic heterocycles. The van der Waals surface area contributed by atoms with E-state index in [1.54, 1.807) is 44.2 Å². The van der Waals surface area contributed by atoms with Crippen LogP contribution < -0.4 is 14.9 Å². The second kappa shape index (κ2) is 7.30. The second-order valence-electron chi connectivity index (χ2n) is 7.89. The molecular formula is C23H22O8. The van der Waals surface area contributed by atoms with Gasteiger partial charge in [-0.1, -0.05) is 12.1 Å². The number of carbonyl (C=O) groups is 2. The number of methoxy groups -OCH3 is 1. The molecule has 4 rings (SSSR count). The molecule has 2 atom stereocenters. The average molecular weight is 426 g/mol. The van der Waals surface area contributed by atoms with Crippen molar-refractivity contribution in [2.45, 2.75) is 45.5 Å². The molecule has 0 saturated carbocycles. The van der Waals surface area contributed by atoms with Crippen LogP contribution in [-0.2, 0) is 19.1 Å². The van der Waals surface area contributed by atoms with Gasteiger partial charge >= 0.3 is 11.9 Å². The Labute approximate surface area is 177 Å². The summed E-state index contributed by atoms with van der Waals surface area (Å²) >= 11 is 0. The highest BCUT2D eigenvalue weighted by Gasteiger charge is 2.50. The summed E-state index contributed by atoms with van der Waals surface area (Å²) in [6, 6.07) is 8.37. The van der Waals surface area contributed by atoms with Gasteiger partial charge in [0.15, 0.2) is 17.8 Å². The first-order chi connectivity index (χ1) is 14.6. The topological polar surface area (TPSA) is 101 Å². The third-order valence-electron chi connectivity index (χ3n) is 5.24. The van der Waals surface area contributed by atoms with E-state index in [1.165, 1.54) is 21.0 Å². The lowest BCUT2D eigenvalue weighted by Gasteiger charge is -2.43. The summed E-state index contributed by atoms with van der Waals surface area (Å²) in [7, 11) is 1.44. The van der Waals surface area contributed by atoms with E-state index in [0.29, 0.717) is 22.3 Å². The lowest BCUT2D eigenvalue weighted by molar-refractivity contribution is -0.187. The van der Waals surface area contributed by atoms with Crippen molar-refractivity contribution < 1.29 is 33.0 Å². The molecule has 1 aliphatic heterocycles. The number of hydrogen-bond donors (Lipinski definition) is 0. The predicted molar refractivity (Wildman–Crippen MR) is 111 cm³/mol. The second-order valence-corrected chi connectivity index (χ2v) is 7.89. The average Bonchev–Trinajstić information content (AvgIpc) is 2.69. The number of carbonyl (C=O) groups excluding carboxylic acids is 2. The molecule has 2 heterocycles. The van der Waals surface area contributed by atoms with E-state index in [9.17, 15) is 14.4 Å². The van der Waals surface area contributed by atoms with Crippen LogP contribution in [0.3, 0.4) is 0 Å². The molecule has 3 aromatic rings. The summed E-state index contributed by atoms with van der Waals surface area (Å²) in [6.45, 7) is 5.95. The normalized spacial score (nSPS) is 19.4. The standard InChI is InChI=1S/C23H22O8/c1-11(24)28-21-18-16(31-23(3,4)22(21)29-12(2)25)10-15(27-5)17-19(26)13-8-6-7-9-14(13)30-20(17)18/h6-10,21-22H,1-5H3/t21-,22-/m1/s1. The molecule has 0 unspecified atom stereocenters. The molecule has 1 aliphatic rings. The molecule has 0 fully saturated rings. The van der Waals surface area contributed by atoms with Gasteiger partial charge in [-0.05, 0) is 26.0 Å². The third-order valence-corrected chi connectivity index (χ3v) is 5.24. The highest BCUT2D eigenvalue weighted by atomic mass is 16.6. The SMILES string of the molecule is COc1cc2c(c3oc4ccccc4c(=O)c13)[C@@H](OC(C)=O)[C@@H](OC(C)=O)C(C)(C)O2. The van der Waals surface area contributed by atoms with Crippen molar-refractivity contribution in [1.82, 2.24) is 0 Å². The van der Waals surface area contributed by atoms with Crippen LogP contribution in [0.4, 0.5) is 0 Å². The van der Waals surface area contributed by atoms with Crippen molar-refractivity contribution in [2.75, 3.05) is 7.11 Å². The molecule has 162 valence electrons. The third kappa shape index (κ3) is 3.37. The zero-order valence-electron chi connectivity index (χ0n) is 17.8. The molecule has 0 amide bonds. The first kappa shape index (κ1) is 20.7. The Morgan fingerprint density at radius 1 is 1.06 bits per heavy atom. The fraction of sp³-hybridized carbons (Fsp3) is 0.348. The Balaban J connectivity index is 2.13. The van der Waals surface area contributed by atoms with Gasteiger partial charge in [0.05, 0.1) is 18.1 Å². The number of fused-ring (bicyclic) bond motifs is 4. The highest BCUT2D eigenvalue weighted by Crippen LogP contribution is 2.49. The number of hydrogen-bond acceptors (Lipinski definition) is 8. The Kier molecular flexibility index (Phi) is 4.88. The van der Waals surface area contributed by atoms with Crippen LogP contribution in [0.25, 0.3) is 21.9 Å². The monoisotopic (exact) mass is 426 g/mol. The van der Waals surface area contributed by atoms with Crippen LogP contribution in [0.2, 0.25) is 0 Å². The largest absolute Gasteiger partial charge is 0.496 e. The number of benzene rings is 2. The van der Waals surface area contributed by atoms with Crippen LogP contribution in [0, 0.1) is 0 Å². The fourth-order valence-corrected chi connectivity index (χ4v) is 3.99. The smallest absolute Gasteiger partial charge is 0.303 e. The summed E-state index contributed by atoms with van der Waals surface area (Å²) in [5.41, 5.74) is -0.538. The van der Waals surface area contributed by atoms with Crippen LogP contribution in [0.5, 0.6) is 11.5 Å². The number of para-hydroxylation sites is 1. The molecular weight excluding hydrogens is 404 g/mol. The Hall–Kier alpha value is -3.55. The van der Waals surface area contributed by atoms with E-state index in [4.69, 9.17) is 23.4 Å². The minimum atomic E-state index is -1.06. The van der Waals surface area contributed by atoms with Crippen molar-refractivity contribution in [3.8, 4) is 11.5 Å². The lowest BCUT2D eigenvalue weighted by atomic mass is 9.86. The van der Waals surface area contributed by atoms with Crippen LogP contribution >= 0.6 is 0 Å². The predicted octanol–water partition coefficient (Wildman–Crippen LogP) is 3.66. The molecule has 0 N–H and O–H groups in total. The van der Waals surface area contributed by atoms with Gasteiger partial charge in [-0.15, -0.1) is 0 Å². The molecule has 8 nitrogen and oxygen atoms in total. The van der Waals surface area contributed by atoms with Crippen molar-refractivity contribution in [3.05, 3.63) is 46.1 Å². The maximum Gasteiger partial charge on any atom is 0.303 e. The zero-order valence-corrected chi connectivity index (χ0v) is 17.8. The molecule has 8 heteroatoms. The maximum atomic E-state index is 13.3. The fourth-order valence-electron chi connectivity index (χ4n) is 3.99. The summed E-state index contributed by atoms with van der Waals surface area (Å²) in [4.78, 5) is 37.1. The van der Waals surface area contributed by atoms with Gasteiger partial charge in [0.1, 0.15) is 28.1 Å². The summed E-state index contributed by atoms with van der Waals surface area (Å²) < 4.78 is 28.8. The van der Waals surface area contributed by atoms with E-state index >= 15 is 0 Å². The van der Waals surface area contributed by atoms with Crippen LogP contribution in [-0.4, -0.2) is 30.8 Å². The minimum absolute atomic E-state index is 0.150. The molecule has 0 spiro atoms. The van der Waals surface area contributed by atoms with E-state index in [-0.39, 0.29) is 22.1 Å². The zero-order chi connectivity index (χ0) is 22.5. The maximum absolute atomic E-state index is 13.3. The van der Waals surface area contributed by atoms with Crippen molar-refractivity contribution in [1.29, 1.82) is 0 Å². The van der Waals surface area contributed by atoms with Gasteiger partial charge in [0.25, 0.3) is 0 Å². The number of ether oxygens (including phenoxy) is 4. The Morgan fingerprint density at radius 2 is 1.74 bits per heavy atom. The van der Waals surface area contributed by atoms with Gasteiger partial charge in [0, 0.05) is 19.9 Å². The van der Waals surface area contributed by atoms with Gasteiger partial charge in [-0.25, -0.2) is 0 Å². The Morgan fingerprint density at radius 3 is 2.39 bits per heavy atom. The highest BCUT2D eigenvalue weighted by molar-refractivity contribution is 5.96. The van der Waals surface area contributed by atoms with E-state index in [2.05, 4.69) is 0 Å². The molecule has 0 bridgehead atoms. The quantitative estimate of drug-likeness (QED) is 0.462. The molecule has 0 aliphatic carbocycles. The van der Waals surface area contributed by atoms with Gasteiger partial charge in [-0.3, -0.25) is 14.4 Å². The minimum Gasteiger partial charge on any atom is -0.496 e. The molecule has 0 radical (unpaired) electrons. The summed E-state index contributed by atoms with van der Waals surface area (Å²) in [5.74, 6) is -0.580. The lowest BCUT2D eigenvalue weighted by Crippen LogP contribution is -2.52. The first-order valence-corrected chi connectivity index (χ1v) is 9.74. The summed E-state index contributed by atoms with van der Waals surface area (Å²) in [5, 5.41) is 0.563. The van der Waals surface area contributed by atoms with E-state index in [0.717, 1.165) is 0 Å². The number of esters is 2. The first-order valence-electron chi connectivity index (χ1n) is 9.74. The van der Waals surface area contributed by atoms with Crippen molar-refractivity contribution in [2.24, 2.45) is 0 Å². The van der Waals surface area contributed by atoms with Crippen LogP contribution in [0.1, 0.15) is 39.4 Å².